The summed E-state index contributed by atoms with van der Waals surface area (Å²) in [7, 11) is 1.85. The molecule has 0 radical (unpaired) electrons. The Morgan fingerprint density at radius 1 is 1.44 bits per heavy atom. The number of amides is 1. The highest BCUT2D eigenvalue weighted by atomic mass is 35.5. The number of aromatic nitrogens is 3. The minimum Gasteiger partial charge on any atom is -0.390 e. The van der Waals surface area contributed by atoms with Gasteiger partial charge < -0.3 is 21.7 Å². The van der Waals surface area contributed by atoms with Crippen molar-refractivity contribution in [3.63, 3.8) is 0 Å². The second kappa shape index (κ2) is 6.99. The predicted octanol–water partition coefficient (Wildman–Crippen LogP) is 2.45. The first-order chi connectivity index (χ1) is 12.9. The lowest BCUT2D eigenvalue weighted by Gasteiger charge is -2.32. The molecule has 0 unspecified atom stereocenters. The van der Waals surface area contributed by atoms with Gasteiger partial charge in [0.25, 0.3) is 5.91 Å². The number of aryl methyl sites for hydroxylation is 1. The van der Waals surface area contributed by atoms with E-state index in [1.54, 1.807) is 16.9 Å². The van der Waals surface area contributed by atoms with Gasteiger partial charge in [-0.3, -0.25) is 9.48 Å². The van der Waals surface area contributed by atoms with Crippen LogP contribution in [0, 0.1) is 0 Å². The number of nitrogens with one attached hydrogen (secondary N) is 1. The smallest absolute Gasteiger partial charge is 0.261 e. The fourth-order valence-corrected chi connectivity index (χ4v) is 4.53. The number of anilines is 3. The van der Waals surface area contributed by atoms with E-state index < -0.39 is 0 Å². The van der Waals surface area contributed by atoms with Crippen LogP contribution in [-0.2, 0) is 7.05 Å². The molecule has 4 heterocycles. The van der Waals surface area contributed by atoms with Crippen LogP contribution in [0.15, 0.2) is 18.3 Å². The number of halogens is 1. The number of nitrogens with two attached hydrogens (primary N) is 2. The van der Waals surface area contributed by atoms with Gasteiger partial charge in [0.1, 0.15) is 21.4 Å². The highest BCUT2D eigenvalue weighted by Crippen LogP contribution is 2.35. The molecule has 142 valence electrons. The largest absolute Gasteiger partial charge is 0.390 e. The first-order valence-corrected chi connectivity index (χ1v) is 9.82. The summed E-state index contributed by atoms with van der Waals surface area (Å²) in [5.74, 6) is 0.506. The van der Waals surface area contributed by atoms with Crippen LogP contribution < -0.4 is 21.7 Å². The van der Waals surface area contributed by atoms with E-state index in [0.29, 0.717) is 26.9 Å². The SMILES string of the molecule is Cn1ncc(NC(=O)c2c(N)sc3ccc(Cl)nc23)c1N1CCC[C@@H](N)C1. The molecule has 8 nitrogen and oxygen atoms in total. The summed E-state index contributed by atoms with van der Waals surface area (Å²) >= 11 is 7.31. The van der Waals surface area contributed by atoms with Crippen molar-refractivity contribution in [2.75, 3.05) is 29.0 Å². The van der Waals surface area contributed by atoms with Gasteiger partial charge in [0, 0.05) is 26.2 Å². The Bertz CT molecular complexity index is 1010. The monoisotopic (exact) mass is 405 g/mol. The van der Waals surface area contributed by atoms with E-state index in [1.807, 2.05) is 13.1 Å². The predicted molar refractivity (Wildman–Crippen MR) is 110 cm³/mol. The first-order valence-electron chi connectivity index (χ1n) is 8.62. The Hall–Kier alpha value is -2.36. The van der Waals surface area contributed by atoms with Crippen LogP contribution >= 0.6 is 22.9 Å². The van der Waals surface area contributed by atoms with Crippen LogP contribution in [0.4, 0.5) is 16.5 Å². The number of thiophene rings is 1. The van der Waals surface area contributed by atoms with Gasteiger partial charge in [0.05, 0.1) is 16.4 Å². The Morgan fingerprint density at radius 2 is 2.26 bits per heavy atom. The van der Waals surface area contributed by atoms with Crippen molar-refractivity contribution >= 4 is 55.6 Å². The first kappa shape index (κ1) is 18.0. The van der Waals surface area contributed by atoms with Crippen molar-refractivity contribution < 1.29 is 4.79 Å². The molecule has 0 bridgehead atoms. The average molecular weight is 406 g/mol. The number of nitrogen functional groups attached to an aromatic ring is 1. The topological polar surface area (TPSA) is 115 Å². The van der Waals surface area contributed by atoms with Gasteiger partial charge in [-0.15, -0.1) is 11.3 Å². The maximum absolute atomic E-state index is 13.0. The summed E-state index contributed by atoms with van der Waals surface area (Å²) in [5, 5.41) is 7.96. The number of rotatable bonds is 3. The van der Waals surface area contributed by atoms with E-state index in [4.69, 9.17) is 23.1 Å². The van der Waals surface area contributed by atoms with Crippen molar-refractivity contribution in [2.24, 2.45) is 12.8 Å². The lowest BCUT2D eigenvalue weighted by atomic mass is 10.1. The van der Waals surface area contributed by atoms with Crippen molar-refractivity contribution in [1.82, 2.24) is 14.8 Å². The zero-order valence-corrected chi connectivity index (χ0v) is 16.3. The molecule has 1 amide bonds. The molecule has 3 aromatic heterocycles. The Labute approximate surface area is 165 Å². The van der Waals surface area contributed by atoms with Crippen LogP contribution in [0.3, 0.4) is 0 Å². The van der Waals surface area contributed by atoms with Crippen molar-refractivity contribution in [3.05, 3.63) is 29.0 Å². The lowest BCUT2D eigenvalue weighted by Crippen LogP contribution is -2.43. The molecule has 1 aliphatic heterocycles. The van der Waals surface area contributed by atoms with Gasteiger partial charge in [-0.25, -0.2) is 4.98 Å². The highest BCUT2D eigenvalue weighted by Gasteiger charge is 2.25. The number of carbonyl (C=O) groups is 1. The summed E-state index contributed by atoms with van der Waals surface area (Å²) in [6.45, 7) is 1.60. The minimum atomic E-state index is -0.330. The van der Waals surface area contributed by atoms with Crippen molar-refractivity contribution in [1.29, 1.82) is 0 Å². The number of carbonyl (C=O) groups excluding carboxylic acids is 1. The normalized spacial score (nSPS) is 17.4. The standard InChI is InChI=1S/C17H20ClN7OS/c1-24-17(25-6-2-3-9(19)8-25)10(7-21-24)22-16(26)13-14-11(27-15(13)20)4-5-12(18)23-14/h4-5,7,9H,2-3,6,8,19-20H2,1H3,(H,22,26)/t9-/m1/s1. The quantitative estimate of drug-likeness (QED) is 0.576. The number of nitrogens with zero attached hydrogens (tertiary/aromatic N) is 4. The molecule has 1 aliphatic rings. The number of hydrogen-bond donors (Lipinski definition) is 3. The Morgan fingerprint density at radius 3 is 3.04 bits per heavy atom. The molecule has 4 rings (SSSR count). The second-order valence-corrected chi connectivity index (χ2v) is 8.10. The maximum atomic E-state index is 13.0. The molecule has 1 atom stereocenters. The van der Waals surface area contributed by atoms with Gasteiger partial charge in [0.15, 0.2) is 5.82 Å². The summed E-state index contributed by atoms with van der Waals surface area (Å²) in [5.41, 5.74) is 13.7. The molecule has 3 aromatic rings. The summed E-state index contributed by atoms with van der Waals surface area (Å²) in [6, 6.07) is 3.60. The Balaban J connectivity index is 1.67. The molecule has 1 fully saturated rings. The minimum absolute atomic E-state index is 0.111. The third-order valence-corrected chi connectivity index (χ3v) is 5.85. The lowest BCUT2D eigenvalue weighted by molar-refractivity contribution is 0.102. The van der Waals surface area contributed by atoms with E-state index in [-0.39, 0.29) is 11.9 Å². The van der Waals surface area contributed by atoms with E-state index in [1.165, 1.54) is 11.3 Å². The van der Waals surface area contributed by atoms with Gasteiger partial charge >= 0.3 is 0 Å². The number of hydrogen-bond acceptors (Lipinski definition) is 7. The van der Waals surface area contributed by atoms with E-state index in [2.05, 4.69) is 20.3 Å². The highest BCUT2D eigenvalue weighted by molar-refractivity contribution is 7.23. The maximum Gasteiger partial charge on any atom is 0.261 e. The zero-order valence-electron chi connectivity index (χ0n) is 14.8. The van der Waals surface area contributed by atoms with Crippen molar-refractivity contribution in [3.8, 4) is 0 Å². The van der Waals surface area contributed by atoms with Gasteiger partial charge in [-0.2, -0.15) is 5.10 Å². The van der Waals surface area contributed by atoms with Gasteiger partial charge in [0.2, 0.25) is 0 Å². The van der Waals surface area contributed by atoms with E-state index in [0.717, 1.165) is 36.4 Å². The Kier molecular flexibility index (Phi) is 4.67. The summed E-state index contributed by atoms with van der Waals surface area (Å²) in [4.78, 5) is 19.4. The zero-order chi connectivity index (χ0) is 19.1. The van der Waals surface area contributed by atoms with Gasteiger partial charge in [-0.1, -0.05) is 11.6 Å². The van der Waals surface area contributed by atoms with Crippen molar-refractivity contribution in [2.45, 2.75) is 18.9 Å². The molecule has 0 spiro atoms. The number of pyridine rings is 1. The molecular weight excluding hydrogens is 386 g/mol. The third kappa shape index (κ3) is 3.33. The van der Waals surface area contributed by atoms with E-state index in [9.17, 15) is 4.79 Å². The van der Waals surface area contributed by atoms with E-state index >= 15 is 0 Å². The fraction of sp³-hybridized carbons (Fsp3) is 0.353. The van der Waals surface area contributed by atoms with Gasteiger partial charge in [-0.05, 0) is 25.0 Å². The van der Waals surface area contributed by atoms with Crippen LogP contribution in [0.1, 0.15) is 23.2 Å². The third-order valence-electron chi connectivity index (χ3n) is 4.67. The molecule has 27 heavy (non-hydrogen) atoms. The summed E-state index contributed by atoms with van der Waals surface area (Å²) in [6.07, 6.45) is 3.64. The van der Waals surface area contributed by atoms with Crippen LogP contribution in [0.2, 0.25) is 5.15 Å². The fourth-order valence-electron chi connectivity index (χ4n) is 3.47. The number of fused-ring (bicyclic) bond motifs is 1. The molecule has 1 saturated heterocycles. The van der Waals surface area contributed by atoms with Crippen LogP contribution in [0.25, 0.3) is 10.2 Å². The average Bonchev–Trinajstić information content (AvgIpc) is 3.13. The second-order valence-electron chi connectivity index (χ2n) is 6.63. The molecule has 5 N–H and O–H groups in total. The van der Waals surface area contributed by atoms with Crippen LogP contribution in [-0.4, -0.2) is 39.8 Å². The van der Waals surface area contributed by atoms with Crippen LogP contribution in [0.5, 0.6) is 0 Å². The molecule has 0 saturated carbocycles. The molecule has 10 heteroatoms. The number of piperidine rings is 1. The molecule has 0 aromatic carbocycles. The molecular formula is C17H20ClN7OS. The summed E-state index contributed by atoms with van der Waals surface area (Å²) < 4.78 is 2.56. The molecule has 0 aliphatic carbocycles.